The molecule has 2 aromatic rings. The molecule has 7 aliphatic rings. The van der Waals surface area contributed by atoms with Crippen LogP contribution in [0.3, 0.4) is 0 Å². The van der Waals surface area contributed by atoms with Crippen molar-refractivity contribution in [3.63, 3.8) is 0 Å². The number of phenolic OH excluding ortho intramolecular Hbond substituents is 2. The summed E-state index contributed by atoms with van der Waals surface area (Å²) in [4.78, 5) is 15.0. The minimum atomic E-state index is -0.998. The summed E-state index contributed by atoms with van der Waals surface area (Å²) in [6.45, 7) is 22.1. The highest BCUT2D eigenvalue weighted by Crippen LogP contribution is 2.70. The number of aromatic hydroxyl groups is 2. The standard InChI is InChI=1S/C47H60O7/c1-22(2)23(3)11-12-24(4)29-13-14-30-28-20-33-47(21-27(48)15-18-46(47,10)31(28)16-17-45(29,30)9)54-43-40(51)37-36-34(25(5)19-32(49)35(36)42(43)53-33)41-38(39(37)50)44(7,8)26(6)52-41/h11-12,19-20,22-24,26-27,29-31,33,48-50H,13-18,21H2,1-10H3/t23-,24+,26-,27-,29-,30+,31-,33-,45-,46+,47-/m0/s1. The molecule has 54 heavy (non-hydrogen) atoms. The third kappa shape index (κ3) is 4.42. The SMILES string of the molecule is Cc1cc(O)c2c3c(c(O)c4c(c13)O[C@@H](C)C4(C)C)C(=O)C1=C2O[C@H]2C=C3[C@H]4CC[C@@H]([C@H](C)C=C[C@H](C)C(C)C)[C@]4(C)CC[C@@H]3[C@@]3(C)CC[C@H](O)C[C@]23O1. The molecule has 5 aliphatic carbocycles. The van der Waals surface area contributed by atoms with Crippen molar-refractivity contribution in [3.8, 4) is 17.2 Å². The van der Waals surface area contributed by atoms with E-state index in [2.05, 4.69) is 59.8 Å². The number of Topliss-reactive ketones (excluding diaryl/α,β-unsaturated/α-hetero) is 1. The fourth-order valence-electron chi connectivity index (χ4n) is 12.8. The van der Waals surface area contributed by atoms with E-state index >= 15 is 0 Å². The van der Waals surface area contributed by atoms with Gasteiger partial charge in [0.25, 0.3) is 0 Å². The van der Waals surface area contributed by atoms with Crippen molar-refractivity contribution in [1.29, 1.82) is 0 Å². The number of ketones is 1. The molecule has 2 aliphatic heterocycles. The number of rotatable bonds is 4. The lowest BCUT2D eigenvalue weighted by Gasteiger charge is -2.65. The molecule has 2 aromatic carbocycles. The summed E-state index contributed by atoms with van der Waals surface area (Å²) in [5, 5.41) is 36.4. The highest BCUT2D eigenvalue weighted by Gasteiger charge is 2.70. The first-order chi connectivity index (χ1) is 25.4. The van der Waals surface area contributed by atoms with Gasteiger partial charge in [-0.3, -0.25) is 4.79 Å². The highest BCUT2D eigenvalue weighted by molar-refractivity contribution is 6.27. The minimum Gasteiger partial charge on any atom is -0.507 e. The van der Waals surface area contributed by atoms with Crippen LogP contribution in [0.1, 0.15) is 134 Å². The van der Waals surface area contributed by atoms with Crippen LogP contribution in [0.5, 0.6) is 17.2 Å². The Morgan fingerprint density at radius 3 is 2.35 bits per heavy atom. The molecule has 3 fully saturated rings. The normalized spacial score (nSPS) is 38.4. The number of phenols is 2. The van der Waals surface area contributed by atoms with Crippen LogP contribution in [0.25, 0.3) is 16.5 Å². The Balaban J connectivity index is 1.19. The summed E-state index contributed by atoms with van der Waals surface area (Å²) in [5.74, 6) is 3.07. The monoisotopic (exact) mass is 736 g/mol. The van der Waals surface area contributed by atoms with Gasteiger partial charge in [0.2, 0.25) is 11.5 Å². The van der Waals surface area contributed by atoms with Crippen LogP contribution in [0.4, 0.5) is 0 Å². The maximum absolute atomic E-state index is 15.0. The topological polar surface area (TPSA) is 105 Å². The summed E-state index contributed by atoms with van der Waals surface area (Å²) in [6.07, 6.45) is 12.1. The molecule has 290 valence electrons. The van der Waals surface area contributed by atoms with Gasteiger partial charge in [0.1, 0.15) is 23.4 Å². The first-order valence-corrected chi connectivity index (χ1v) is 20.8. The van der Waals surface area contributed by atoms with E-state index in [4.69, 9.17) is 14.2 Å². The maximum Gasteiger partial charge on any atom is 0.235 e. The van der Waals surface area contributed by atoms with Gasteiger partial charge in [-0.15, -0.1) is 0 Å². The van der Waals surface area contributed by atoms with E-state index in [0.29, 0.717) is 70.1 Å². The predicted molar refractivity (Wildman–Crippen MR) is 210 cm³/mol. The molecule has 11 atom stereocenters. The molecular formula is C47H60O7. The number of aryl methyl sites for hydroxylation is 1. The number of ether oxygens (including phenoxy) is 3. The van der Waals surface area contributed by atoms with Crippen molar-refractivity contribution in [2.45, 2.75) is 144 Å². The molecule has 0 aromatic heterocycles. The third-order valence-corrected chi connectivity index (χ3v) is 16.7. The van der Waals surface area contributed by atoms with E-state index in [1.165, 1.54) is 12.0 Å². The minimum absolute atomic E-state index is 0.0224. The number of carbonyl (C=O) groups excluding carboxylic acids is 1. The lowest BCUT2D eigenvalue weighted by Crippen LogP contribution is -2.68. The van der Waals surface area contributed by atoms with Gasteiger partial charge in [0, 0.05) is 33.6 Å². The van der Waals surface area contributed by atoms with Crippen molar-refractivity contribution in [1.82, 2.24) is 0 Å². The number of aliphatic hydroxyl groups is 1. The fourth-order valence-corrected chi connectivity index (χ4v) is 12.8. The number of allylic oxidation sites excluding steroid dienone is 4. The van der Waals surface area contributed by atoms with Gasteiger partial charge in [-0.1, -0.05) is 73.1 Å². The van der Waals surface area contributed by atoms with Crippen molar-refractivity contribution in [3.05, 3.63) is 57.9 Å². The molecule has 2 heterocycles. The largest absolute Gasteiger partial charge is 0.507 e. The van der Waals surface area contributed by atoms with Crippen molar-refractivity contribution >= 4 is 22.3 Å². The van der Waals surface area contributed by atoms with Gasteiger partial charge in [0.05, 0.1) is 17.2 Å². The molecular weight excluding hydrogens is 677 g/mol. The zero-order valence-corrected chi connectivity index (χ0v) is 33.9. The van der Waals surface area contributed by atoms with E-state index in [0.717, 1.165) is 31.2 Å². The molecule has 0 radical (unpaired) electrons. The second kappa shape index (κ2) is 11.6. The molecule has 0 amide bonds. The Bertz CT molecular complexity index is 2090. The summed E-state index contributed by atoms with van der Waals surface area (Å²) < 4.78 is 20.9. The molecule has 3 N–H and O–H groups in total. The number of carbonyl (C=O) groups is 1. The van der Waals surface area contributed by atoms with Crippen LogP contribution in [0.15, 0.2) is 35.6 Å². The van der Waals surface area contributed by atoms with Gasteiger partial charge >= 0.3 is 0 Å². The number of hydrogen-bond donors (Lipinski definition) is 3. The Hall–Kier alpha value is -3.45. The summed E-state index contributed by atoms with van der Waals surface area (Å²) in [6, 6.07) is 1.71. The molecule has 0 saturated heterocycles. The zero-order chi connectivity index (χ0) is 38.6. The predicted octanol–water partition coefficient (Wildman–Crippen LogP) is 10.1. The average Bonchev–Trinajstić information content (AvgIpc) is 3.57. The van der Waals surface area contributed by atoms with E-state index in [1.807, 2.05) is 27.7 Å². The summed E-state index contributed by atoms with van der Waals surface area (Å²) in [7, 11) is 0. The number of aliphatic hydroxyl groups excluding tert-OH is 1. The Morgan fingerprint density at radius 2 is 1.63 bits per heavy atom. The molecule has 7 nitrogen and oxygen atoms in total. The second-order valence-electron chi connectivity index (χ2n) is 19.9. The van der Waals surface area contributed by atoms with E-state index in [1.54, 1.807) is 6.07 Å². The molecule has 0 unspecified atom stereocenters. The second-order valence-corrected chi connectivity index (χ2v) is 19.9. The Kier molecular flexibility index (Phi) is 7.74. The van der Waals surface area contributed by atoms with E-state index in [-0.39, 0.29) is 46.0 Å². The Labute approximate surface area is 320 Å². The number of fused-ring (bicyclic) bond motifs is 7. The van der Waals surface area contributed by atoms with Crippen molar-refractivity contribution in [2.24, 2.45) is 46.3 Å². The lowest BCUT2D eigenvalue weighted by molar-refractivity contribution is -0.228. The quantitative estimate of drug-likeness (QED) is 0.269. The van der Waals surface area contributed by atoms with Gasteiger partial charge in [-0.05, 0) is 111 Å². The smallest absolute Gasteiger partial charge is 0.235 e. The van der Waals surface area contributed by atoms with Gasteiger partial charge in [-0.25, -0.2) is 0 Å². The Morgan fingerprint density at radius 1 is 0.889 bits per heavy atom. The van der Waals surface area contributed by atoms with E-state index < -0.39 is 34.4 Å². The summed E-state index contributed by atoms with van der Waals surface area (Å²) in [5.41, 5.74) is 1.49. The first kappa shape index (κ1) is 36.2. The summed E-state index contributed by atoms with van der Waals surface area (Å²) >= 11 is 0. The molecule has 3 saturated carbocycles. The van der Waals surface area contributed by atoms with Crippen LogP contribution < -0.4 is 4.74 Å². The third-order valence-electron chi connectivity index (χ3n) is 16.7. The maximum atomic E-state index is 15.0. The molecule has 9 rings (SSSR count). The number of benzene rings is 2. The van der Waals surface area contributed by atoms with Crippen LogP contribution in [0, 0.1) is 53.3 Å². The van der Waals surface area contributed by atoms with Crippen molar-refractivity contribution in [2.75, 3.05) is 0 Å². The van der Waals surface area contributed by atoms with Gasteiger partial charge in [0.15, 0.2) is 17.5 Å². The van der Waals surface area contributed by atoms with Gasteiger partial charge in [-0.2, -0.15) is 0 Å². The first-order valence-electron chi connectivity index (χ1n) is 20.8. The number of hydrogen-bond acceptors (Lipinski definition) is 7. The molecule has 0 bridgehead atoms. The van der Waals surface area contributed by atoms with E-state index in [9.17, 15) is 20.1 Å². The average molecular weight is 737 g/mol. The zero-order valence-electron chi connectivity index (χ0n) is 33.9. The van der Waals surface area contributed by atoms with Crippen LogP contribution in [0.2, 0.25) is 0 Å². The van der Waals surface area contributed by atoms with Crippen LogP contribution in [-0.2, 0) is 14.9 Å². The van der Waals surface area contributed by atoms with Crippen LogP contribution >= 0.6 is 0 Å². The lowest BCUT2D eigenvalue weighted by atomic mass is 9.45. The van der Waals surface area contributed by atoms with Crippen molar-refractivity contribution < 1.29 is 34.3 Å². The van der Waals surface area contributed by atoms with Gasteiger partial charge < -0.3 is 29.5 Å². The molecule has 1 spiro atoms. The van der Waals surface area contributed by atoms with Crippen LogP contribution in [-0.4, -0.2) is 45.0 Å². The highest BCUT2D eigenvalue weighted by atomic mass is 16.6. The molecule has 7 heteroatoms. The fraction of sp³-hybridized carbons (Fsp3) is 0.638.